The standard InChI is InChI=1S/C13H14.C11H14O.C11H12O.C11H14O.C11H12O.2C11H12S.C9H12.6C2H6/c1-10(2)12-8-7-11-5-3-4-6-13(11)9-12;2*1-8(2)9-3-4-11-10(7-9)5-6-12-11;2*1-8(2)10-4-3-9-5-6-12-11(9)7-10;1-8(2)9-3-4-11-10(7-9)5-6-12-11;1-8(2)10-4-3-9-5-6-12-11(9)7-10;1-8(2)9-6-4-3-5-7-9;6*1-2/h3-10H,1-2H3;3-4,7-8H,5-6H2,1-2H3;3-8H,1-2H3;3-4,7-8H,5-6H2,1-2H3;3*3-8H,1-2H3;3-8H,1-2H3;6*1-2H3. The van der Waals surface area contributed by atoms with Gasteiger partial charge < -0.3 is 18.3 Å². The Morgan fingerprint density at radius 2 is 0.632 bits per heavy atom. The molecule has 4 nitrogen and oxygen atoms in total. The number of fused-ring (bicyclic) bond motifs is 7. The van der Waals surface area contributed by atoms with Crippen LogP contribution in [0.15, 0.2) is 238 Å². The fourth-order valence-electron chi connectivity index (χ4n) is 10.9. The zero-order valence-corrected chi connectivity index (χ0v) is 72.5. The summed E-state index contributed by atoms with van der Waals surface area (Å²) >= 11 is 3.63. The normalized spacial score (nSPS) is 10.9. The number of benzene rings is 9. The summed E-state index contributed by atoms with van der Waals surface area (Å²) in [6, 6.07) is 73.3. The molecule has 0 amide bonds. The molecule has 0 bridgehead atoms. The molecule has 0 saturated heterocycles. The Balaban J connectivity index is 0.000000403. The highest BCUT2D eigenvalue weighted by Crippen LogP contribution is 2.32. The molecule has 9 aromatic carbocycles. The van der Waals surface area contributed by atoms with Gasteiger partial charge in [-0.1, -0.05) is 333 Å². The maximum absolute atomic E-state index is 5.49. The maximum Gasteiger partial charge on any atom is 0.134 e. The maximum atomic E-state index is 5.49. The van der Waals surface area contributed by atoms with Crippen molar-refractivity contribution in [3.05, 3.63) is 285 Å². The number of rotatable bonds is 8. The van der Waals surface area contributed by atoms with Crippen LogP contribution in [0.3, 0.4) is 0 Å². The summed E-state index contributed by atoms with van der Waals surface area (Å²) in [5.41, 5.74) is 15.9. The Bertz CT molecular complexity index is 4000. The Labute approximate surface area is 653 Å². The number of thiophene rings is 2. The molecule has 13 aromatic rings. The second-order valence-electron chi connectivity index (χ2n) is 27.1. The topological polar surface area (TPSA) is 44.7 Å². The third kappa shape index (κ3) is 31.3. The molecular formula is C100H138O4S2. The van der Waals surface area contributed by atoms with E-state index in [0.717, 1.165) is 48.7 Å². The molecule has 0 atom stereocenters. The number of hydrogen-bond acceptors (Lipinski definition) is 6. The molecule has 6 heteroatoms. The quantitative estimate of drug-likeness (QED) is 0.152. The van der Waals surface area contributed by atoms with E-state index in [9.17, 15) is 0 Å². The van der Waals surface area contributed by atoms with Crippen molar-refractivity contribution in [1.29, 1.82) is 0 Å². The lowest BCUT2D eigenvalue weighted by Crippen LogP contribution is -1.88. The minimum atomic E-state index is 0.569. The molecule has 4 aromatic heterocycles. The predicted molar refractivity (Wildman–Crippen MR) is 479 cm³/mol. The Kier molecular flexibility index (Phi) is 46.8. The second kappa shape index (κ2) is 52.8. The minimum Gasteiger partial charge on any atom is -0.493 e. The van der Waals surface area contributed by atoms with Crippen LogP contribution < -0.4 is 9.47 Å². The summed E-state index contributed by atoms with van der Waals surface area (Å²) in [6.07, 6.45) is 5.62. The number of ether oxygens (including phenoxy) is 2. The first-order valence-electron chi connectivity index (χ1n) is 40.1. The molecule has 2 aliphatic heterocycles. The third-order valence-electron chi connectivity index (χ3n) is 17.3. The van der Waals surface area contributed by atoms with Crippen LogP contribution >= 0.6 is 22.7 Å². The number of furan rings is 2. The van der Waals surface area contributed by atoms with Gasteiger partial charge >= 0.3 is 0 Å². The summed E-state index contributed by atoms with van der Waals surface area (Å²) in [5, 5.41) is 12.1. The lowest BCUT2D eigenvalue weighted by molar-refractivity contribution is 0.356. The lowest BCUT2D eigenvalue weighted by atomic mass is 9.99. The third-order valence-corrected chi connectivity index (χ3v) is 19.0. The largest absolute Gasteiger partial charge is 0.493 e. The van der Waals surface area contributed by atoms with E-state index in [1.165, 1.54) is 97.4 Å². The van der Waals surface area contributed by atoms with Crippen molar-refractivity contribution >= 4 is 75.6 Å². The van der Waals surface area contributed by atoms with E-state index in [0.29, 0.717) is 47.3 Å². The summed E-state index contributed by atoms with van der Waals surface area (Å²) in [5.74, 6) is 7.10. The Morgan fingerprint density at radius 1 is 0.245 bits per heavy atom. The molecule has 106 heavy (non-hydrogen) atoms. The smallest absolute Gasteiger partial charge is 0.134 e. The van der Waals surface area contributed by atoms with Crippen molar-refractivity contribution in [2.45, 2.75) is 254 Å². The summed E-state index contributed by atoms with van der Waals surface area (Å²) in [6.45, 7) is 61.1. The van der Waals surface area contributed by atoms with Crippen LogP contribution in [0.25, 0.3) is 52.9 Å². The summed E-state index contributed by atoms with van der Waals surface area (Å²) in [7, 11) is 0. The van der Waals surface area contributed by atoms with Gasteiger partial charge in [-0.2, -0.15) is 0 Å². The molecule has 0 fully saturated rings. The summed E-state index contributed by atoms with van der Waals surface area (Å²) < 4.78 is 24.3. The van der Waals surface area contributed by atoms with E-state index in [1.807, 2.05) is 130 Å². The highest BCUT2D eigenvalue weighted by Gasteiger charge is 2.14. The first-order valence-corrected chi connectivity index (χ1v) is 41.9. The zero-order valence-electron chi connectivity index (χ0n) is 70.8. The molecule has 574 valence electrons. The van der Waals surface area contributed by atoms with E-state index >= 15 is 0 Å². The van der Waals surface area contributed by atoms with Crippen LogP contribution in [0, 0.1) is 0 Å². The van der Waals surface area contributed by atoms with Gasteiger partial charge in [-0.05, 0) is 202 Å². The molecule has 0 radical (unpaired) electrons. The van der Waals surface area contributed by atoms with Gasteiger partial charge in [-0.25, -0.2) is 0 Å². The van der Waals surface area contributed by atoms with Gasteiger partial charge in [0, 0.05) is 33.0 Å². The Morgan fingerprint density at radius 3 is 1.19 bits per heavy atom. The molecule has 0 spiro atoms. The van der Waals surface area contributed by atoms with Crippen LogP contribution in [0.1, 0.15) is 297 Å². The van der Waals surface area contributed by atoms with Gasteiger partial charge in [-0.15, -0.1) is 22.7 Å². The van der Waals surface area contributed by atoms with Crippen LogP contribution in [0.2, 0.25) is 0 Å². The van der Waals surface area contributed by atoms with Crippen molar-refractivity contribution < 1.29 is 18.3 Å². The molecule has 6 heterocycles. The van der Waals surface area contributed by atoms with Gasteiger partial charge in [-0.3, -0.25) is 0 Å². The van der Waals surface area contributed by atoms with Crippen LogP contribution in [0.5, 0.6) is 11.5 Å². The monoisotopic (exact) mass is 1470 g/mol. The Hall–Kier alpha value is -8.16. The average Bonchev–Trinajstić information content (AvgIpc) is 1.21. The van der Waals surface area contributed by atoms with E-state index in [-0.39, 0.29) is 0 Å². The first-order chi connectivity index (χ1) is 51.2. The highest BCUT2D eigenvalue weighted by molar-refractivity contribution is 7.17. The molecule has 15 rings (SSSR count). The average molecular weight is 1470 g/mol. The van der Waals surface area contributed by atoms with Crippen molar-refractivity contribution in [3.63, 3.8) is 0 Å². The van der Waals surface area contributed by atoms with E-state index in [2.05, 4.69) is 304 Å². The second-order valence-corrected chi connectivity index (χ2v) is 29.0. The van der Waals surface area contributed by atoms with Crippen molar-refractivity contribution in [2.24, 2.45) is 0 Å². The van der Waals surface area contributed by atoms with E-state index in [1.54, 1.807) is 12.5 Å². The fourth-order valence-corrected chi connectivity index (χ4v) is 12.5. The van der Waals surface area contributed by atoms with E-state index in [4.69, 9.17) is 18.3 Å². The van der Waals surface area contributed by atoms with Crippen molar-refractivity contribution in [1.82, 2.24) is 0 Å². The van der Waals surface area contributed by atoms with Gasteiger partial charge in [0.05, 0.1) is 25.7 Å². The van der Waals surface area contributed by atoms with Crippen molar-refractivity contribution in [3.8, 4) is 11.5 Å². The van der Waals surface area contributed by atoms with Crippen LogP contribution in [-0.2, 0) is 12.8 Å². The fraction of sp³-hybridized carbons (Fsp3) is 0.400. The lowest BCUT2D eigenvalue weighted by Gasteiger charge is -2.06. The summed E-state index contributed by atoms with van der Waals surface area (Å²) in [4.78, 5) is 0. The van der Waals surface area contributed by atoms with Gasteiger partial charge in [0.1, 0.15) is 22.7 Å². The highest BCUT2D eigenvalue weighted by atomic mass is 32.1. The minimum absolute atomic E-state index is 0.569. The van der Waals surface area contributed by atoms with Gasteiger partial charge in [0.25, 0.3) is 0 Å². The molecular weight excluding hydrogens is 1330 g/mol. The molecule has 0 unspecified atom stereocenters. The molecule has 0 saturated carbocycles. The molecule has 0 N–H and O–H groups in total. The molecule has 0 aliphatic carbocycles. The molecule has 2 aliphatic rings. The van der Waals surface area contributed by atoms with E-state index < -0.39 is 0 Å². The van der Waals surface area contributed by atoms with Gasteiger partial charge in [0.2, 0.25) is 0 Å². The SMILES string of the molecule is CC.CC.CC.CC.CC.CC.CC(C)c1ccc2c(c1)CCO2.CC(C)c1ccc2c(c1)OCC2.CC(C)c1ccc2ccccc2c1.CC(C)c1ccc2ccoc2c1.CC(C)c1ccc2ccsc2c1.CC(C)c1ccc2occc2c1.CC(C)c1ccc2sccc2c1.CC(C)c1ccccc1. The predicted octanol–water partition coefficient (Wildman–Crippen LogP) is 33.6. The van der Waals surface area contributed by atoms with Crippen LogP contribution in [-0.4, -0.2) is 13.2 Å². The van der Waals surface area contributed by atoms with Gasteiger partial charge in [0.15, 0.2) is 0 Å². The zero-order chi connectivity index (χ0) is 79.3. The van der Waals surface area contributed by atoms with Crippen molar-refractivity contribution in [2.75, 3.05) is 13.2 Å². The number of hydrogen-bond donors (Lipinski definition) is 0. The first kappa shape index (κ1) is 93.9. The van der Waals surface area contributed by atoms with Crippen LogP contribution in [0.4, 0.5) is 0 Å².